The summed E-state index contributed by atoms with van der Waals surface area (Å²) in [5.41, 5.74) is 6.79. The Balaban J connectivity index is 1.01. The monoisotopic (exact) mass is 889 g/mol. The highest BCUT2D eigenvalue weighted by Crippen LogP contribution is 2.50. The molecule has 6 atom stereocenters. The maximum absolute atomic E-state index is 16.5. The van der Waals surface area contributed by atoms with Crippen molar-refractivity contribution < 1.29 is 33.4 Å². The van der Waals surface area contributed by atoms with Crippen LogP contribution in [0.1, 0.15) is 137 Å². The Labute approximate surface area is 378 Å². The number of rotatable bonds is 12. The molecule has 0 unspecified atom stereocenters. The van der Waals surface area contributed by atoms with Gasteiger partial charge in [-0.05, 0) is 122 Å². The number of amides is 4. The SMILES string of the molecule is COC(=O)N[C@H](C(=O)N1CCC[C@H]1c1nc2ccc([C@H]3CC[C@H](c4ccc5nc([C@@H]6CCCN6C(=O)[C@H](C(C)C)N(C)C(=O)O)[nH]c5c4)N3c3ccc(C4CC4)cc3F)cc2[nH]1)C(C)C. The largest absolute Gasteiger partial charge is 0.465 e. The van der Waals surface area contributed by atoms with E-state index in [0.29, 0.717) is 42.8 Å². The molecule has 3 saturated heterocycles. The summed E-state index contributed by atoms with van der Waals surface area (Å²) >= 11 is 0. The molecule has 16 heteroatoms. The Kier molecular flexibility index (Phi) is 12.0. The second-order valence-electron chi connectivity index (χ2n) is 19.1. The number of benzene rings is 3. The Morgan fingerprint density at radius 3 is 1.75 bits per heavy atom. The molecule has 9 rings (SSSR count). The van der Waals surface area contributed by atoms with Crippen molar-refractivity contribution in [3.05, 3.63) is 88.8 Å². The number of aromatic nitrogens is 4. The lowest BCUT2D eigenvalue weighted by Gasteiger charge is -2.34. The Morgan fingerprint density at radius 2 is 1.28 bits per heavy atom. The normalized spacial score (nSPS) is 22.1. The number of nitrogens with one attached hydrogen (secondary N) is 3. The molecule has 4 fully saturated rings. The first-order valence-electron chi connectivity index (χ1n) is 23.2. The molecule has 3 aromatic carbocycles. The predicted octanol–water partition coefficient (Wildman–Crippen LogP) is 8.88. The number of alkyl carbamates (subject to hydrolysis) is 1. The number of carboxylic acid groups (broad SMARTS) is 1. The molecule has 4 N–H and O–H groups in total. The molecule has 2 aromatic heterocycles. The molecule has 0 spiro atoms. The number of hydrogen-bond donors (Lipinski definition) is 4. The van der Waals surface area contributed by atoms with Crippen LogP contribution in [-0.2, 0) is 14.3 Å². The Morgan fingerprint density at radius 1 is 0.738 bits per heavy atom. The fraction of sp³-hybridized carbons (Fsp3) is 0.510. The van der Waals surface area contributed by atoms with Gasteiger partial charge < -0.3 is 39.8 Å². The van der Waals surface area contributed by atoms with Gasteiger partial charge in [-0.2, -0.15) is 0 Å². The zero-order chi connectivity index (χ0) is 45.8. The minimum Gasteiger partial charge on any atom is -0.465 e. The Hall–Kier alpha value is -6.19. The van der Waals surface area contributed by atoms with E-state index < -0.39 is 24.3 Å². The number of anilines is 1. The standard InChI is InChI=1S/C49H60FN9O6/c1-26(2)42(55-48(62)65-6)46(60)57-21-7-9-40(57)44-51-33-16-13-30(24-35(33)53-44)37-19-20-38(59(37)39-18-15-29(23-32(39)50)28-11-12-28)31-14-17-34-36(25-31)54-45(52-34)41-10-8-22-58(41)47(61)43(27(3)4)56(5)49(63)64/h13-18,23-28,37-38,40-43H,7-12,19-22H2,1-6H3,(H,51,53)(H,52,54)(H,55,62)(H,63,64)/t37-,38-,40+,41+,42+,43+/m1/s1. The van der Waals surface area contributed by atoms with Gasteiger partial charge in [0.15, 0.2) is 0 Å². The van der Waals surface area contributed by atoms with E-state index >= 15 is 4.39 Å². The molecule has 3 aliphatic heterocycles. The number of likely N-dealkylation sites (N-methyl/N-ethyl adjacent to an activating group) is 1. The van der Waals surface area contributed by atoms with Gasteiger partial charge in [-0.1, -0.05) is 45.9 Å². The van der Waals surface area contributed by atoms with E-state index in [9.17, 15) is 24.3 Å². The van der Waals surface area contributed by atoms with E-state index in [2.05, 4.69) is 50.5 Å². The molecule has 0 bridgehead atoms. The fourth-order valence-electron chi connectivity index (χ4n) is 10.7. The average Bonchev–Trinajstić information content (AvgIpc) is 3.82. The molecule has 65 heavy (non-hydrogen) atoms. The molecule has 344 valence electrons. The first-order chi connectivity index (χ1) is 31.2. The van der Waals surface area contributed by atoms with Crippen LogP contribution in [0.5, 0.6) is 0 Å². The van der Waals surface area contributed by atoms with Crippen LogP contribution in [0.4, 0.5) is 19.7 Å². The first kappa shape index (κ1) is 44.0. The predicted molar refractivity (Wildman–Crippen MR) is 244 cm³/mol. The summed E-state index contributed by atoms with van der Waals surface area (Å²) in [6, 6.07) is 15.6. The van der Waals surface area contributed by atoms with Crippen LogP contribution in [0.2, 0.25) is 0 Å². The highest BCUT2D eigenvalue weighted by molar-refractivity contribution is 5.87. The zero-order valence-corrected chi connectivity index (χ0v) is 38.0. The van der Waals surface area contributed by atoms with Gasteiger partial charge in [0.1, 0.15) is 29.5 Å². The summed E-state index contributed by atoms with van der Waals surface area (Å²) in [6.45, 7) is 8.58. The van der Waals surface area contributed by atoms with Gasteiger partial charge in [-0.15, -0.1) is 0 Å². The number of halogens is 1. The molecule has 5 heterocycles. The van der Waals surface area contributed by atoms with E-state index in [4.69, 9.17) is 14.7 Å². The van der Waals surface area contributed by atoms with Crippen LogP contribution >= 0.6 is 0 Å². The lowest BCUT2D eigenvalue weighted by Crippen LogP contribution is -2.51. The summed E-state index contributed by atoms with van der Waals surface area (Å²) in [5, 5.41) is 12.5. The van der Waals surface area contributed by atoms with Crippen molar-refractivity contribution in [3.8, 4) is 0 Å². The minimum atomic E-state index is -1.14. The van der Waals surface area contributed by atoms with Crippen molar-refractivity contribution in [2.45, 2.75) is 121 Å². The van der Waals surface area contributed by atoms with Crippen molar-refractivity contribution in [1.29, 1.82) is 0 Å². The molecule has 4 amide bonds. The van der Waals surface area contributed by atoms with Gasteiger partial charge in [-0.25, -0.2) is 23.9 Å². The van der Waals surface area contributed by atoms with Crippen molar-refractivity contribution in [2.75, 3.05) is 32.1 Å². The molecule has 0 radical (unpaired) electrons. The molecule has 15 nitrogen and oxygen atoms in total. The number of likely N-dealkylation sites (tertiary alicyclic amines) is 2. The van der Waals surface area contributed by atoms with E-state index in [1.165, 1.54) is 14.2 Å². The smallest absolute Gasteiger partial charge is 0.407 e. The minimum absolute atomic E-state index is 0.147. The quantitative estimate of drug-likeness (QED) is 0.0952. The lowest BCUT2D eigenvalue weighted by molar-refractivity contribution is -0.138. The van der Waals surface area contributed by atoms with Crippen LogP contribution in [0.25, 0.3) is 22.1 Å². The lowest BCUT2D eigenvalue weighted by atomic mass is 10.0. The summed E-state index contributed by atoms with van der Waals surface area (Å²) in [4.78, 5) is 75.8. The number of carbonyl (C=O) groups excluding carboxylic acids is 3. The summed E-state index contributed by atoms with van der Waals surface area (Å²) in [5.74, 6) is 0.774. The van der Waals surface area contributed by atoms with Gasteiger partial charge in [0, 0.05) is 20.1 Å². The topological polar surface area (TPSA) is 180 Å². The van der Waals surface area contributed by atoms with Crippen molar-refractivity contribution in [2.24, 2.45) is 11.8 Å². The maximum Gasteiger partial charge on any atom is 0.407 e. The van der Waals surface area contributed by atoms with Crippen LogP contribution in [0.15, 0.2) is 54.6 Å². The molecule has 4 aliphatic rings. The number of methoxy groups -OCH3 is 1. The number of aromatic amines is 2. The fourth-order valence-corrected chi connectivity index (χ4v) is 10.7. The van der Waals surface area contributed by atoms with Gasteiger partial charge >= 0.3 is 12.2 Å². The molecule has 1 aliphatic carbocycles. The maximum atomic E-state index is 16.5. The van der Waals surface area contributed by atoms with Crippen LogP contribution in [0, 0.1) is 17.7 Å². The molecular weight excluding hydrogens is 830 g/mol. The average molecular weight is 890 g/mol. The molecule has 1 saturated carbocycles. The van der Waals surface area contributed by atoms with Gasteiger partial charge in [-0.3, -0.25) is 14.5 Å². The summed E-state index contributed by atoms with van der Waals surface area (Å²) < 4.78 is 21.3. The highest BCUT2D eigenvalue weighted by atomic mass is 19.1. The second kappa shape index (κ2) is 17.7. The third-order valence-electron chi connectivity index (χ3n) is 14.2. The van der Waals surface area contributed by atoms with Crippen LogP contribution in [-0.4, -0.2) is 103 Å². The number of ether oxygens (including phenoxy) is 1. The van der Waals surface area contributed by atoms with Gasteiger partial charge in [0.2, 0.25) is 11.8 Å². The van der Waals surface area contributed by atoms with E-state index in [1.54, 1.807) is 11.0 Å². The Bertz CT molecular complexity index is 2620. The van der Waals surface area contributed by atoms with Gasteiger partial charge in [0.05, 0.1) is 59.0 Å². The van der Waals surface area contributed by atoms with Crippen LogP contribution in [0.3, 0.4) is 0 Å². The van der Waals surface area contributed by atoms with E-state index in [-0.39, 0.29) is 53.6 Å². The summed E-state index contributed by atoms with van der Waals surface area (Å²) in [7, 11) is 2.73. The zero-order valence-electron chi connectivity index (χ0n) is 38.0. The molecule has 5 aromatic rings. The number of fused-ring (bicyclic) bond motifs is 2. The number of imidazole rings is 2. The highest BCUT2D eigenvalue weighted by Gasteiger charge is 2.42. The van der Waals surface area contributed by atoms with E-state index in [0.717, 1.165) is 88.6 Å². The number of hydrogen-bond acceptors (Lipinski definition) is 8. The number of carbonyl (C=O) groups is 4. The first-order valence-corrected chi connectivity index (χ1v) is 23.2. The summed E-state index contributed by atoms with van der Waals surface area (Å²) in [6.07, 6.45) is 4.92. The van der Waals surface area contributed by atoms with Crippen molar-refractivity contribution in [3.63, 3.8) is 0 Å². The third-order valence-corrected chi connectivity index (χ3v) is 14.2. The second-order valence-corrected chi connectivity index (χ2v) is 19.1. The third kappa shape index (κ3) is 8.35. The van der Waals surface area contributed by atoms with Crippen molar-refractivity contribution >= 4 is 51.8 Å². The van der Waals surface area contributed by atoms with Crippen molar-refractivity contribution in [1.82, 2.24) is 40.0 Å². The number of H-pyrrole nitrogens is 2. The van der Waals surface area contributed by atoms with Gasteiger partial charge in [0.25, 0.3) is 0 Å². The number of nitrogens with zero attached hydrogens (tertiary/aromatic N) is 6. The van der Waals surface area contributed by atoms with Crippen LogP contribution < -0.4 is 10.2 Å². The molecular formula is C49H60FN9O6. The van der Waals surface area contributed by atoms with E-state index in [1.807, 2.05) is 50.8 Å².